The highest BCUT2D eigenvalue weighted by atomic mass is 16.4. The third-order valence-electron chi connectivity index (χ3n) is 3.13. The normalized spacial score (nSPS) is 10.4. The maximum atomic E-state index is 11.4. The lowest BCUT2D eigenvalue weighted by Gasteiger charge is -2.17. The lowest BCUT2D eigenvalue weighted by molar-refractivity contribution is -0.137. The fourth-order valence-corrected chi connectivity index (χ4v) is 1.84. The van der Waals surface area contributed by atoms with Gasteiger partial charge in [0.25, 0.3) is 0 Å². The Balaban J connectivity index is 3.60. The van der Waals surface area contributed by atoms with Crippen LogP contribution in [0.2, 0.25) is 0 Å². The molecule has 0 bridgehead atoms. The van der Waals surface area contributed by atoms with Crippen molar-refractivity contribution < 1.29 is 19.5 Å². The molecule has 0 heterocycles. The zero-order chi connectivity index (χ0) is 16.1. The minimum absolute atomic E-state index is 0.0465. The summed E-state index contributed by atoms with van der Waals surface area (Å²) in [5.74, 6) is -1.25. The van der Waals surface area contributed by atoms with E-state index in [9.17, 15) is 14.4 Å². The SMILES string of the molecule is CCN(CC)CCCNC(=O)NC(=O)CCCCC(=O)O. The van der Waals surface area contributed by atoms with Gasteiger partial charge in [0.15, 0.2) is 0 Å². The molecule has 0 aromatic carbocycles. The largest absolute Gasteiger partial charge is 0.481 e. The molecule has 0 radical (unpaired) electrons. The number of amides is 3. The third kappa shape index (κ3) is 11.9. The molecule has 0 aliphatic carbocycles. The van der Waals surface area contributed by atoms with Crippen LogP contribution in [0.15, 0.2) is 0 Å². The van der Waals surface area contributed by atoms with Crippen molar-refractivity contribution in [3.05, 3.63) is 0 Å². The van der Waals surface area contributed by atoms with Crippen molar-refractivity contribution in [3.63, 3.8) is 0 Å². The van der Waals surface area contributed by atoms with E-state index < -0.39 is 12.0 Å². The topological polar surface area (TPSA) is 98.7 Å². The number of carbonyl (C=O) groups excluding carboxylic acids is 2. The molecular weight excluding hydrogens is 274 g/mol. The zero-order valence-electron chi connectivity index (χ0n) is 13.0. The van der Waals surface area contributed by atoms with E-state index in [4.69, 9.17) is 5.11 Å². The van der Waals surface area contributed by atoms with E-state index in [1.165, 1.54) is 0 Å². The van der Waals surface area contributed by atoms with Crippen LogP contribution in [0.3, 0.4) is 0 Å². The second-order valence-corrected chi connectivity index (χ2v) is 4.79. The van der Waals surface area contributed by atoms with Crippen LogP contribution in [-0.2, 0) is 9.59 Å². The Morgan fingerprint density at radius 1 is 1.00 bits per heavy atom. The Labute approximate surface area is 126 Å². The number of aliphatic carboxylic acids is 1. The fraction of sp³-hybridized carbons (Fsp3) is 0.786. The number of hydrogen-bond acceptors (Lipinski definition) is 4. The minimum atomic E-state index is -0.874. The summed E-state index contributed by atoms with van der Waals surface area (Å²) in [6.07, 6.45) is 1.95. The average molecular weight is 301 g/mol. The van der Waals surface area contributed by atoms with E-state index in [1.54, 1.807) is 0 Å². The lowest BCUT2D eigenvalue weighted by atomic mass is 10.2. The van der Waals surface area contributed by atoms with Crippen molar-refractivity contribution in [2.45, 2.75) is 46.0 Å². The van der Waals surface area contributed by atoms with Crippen LogP contribution in [0.4, 0.5) is 4.79 Å². The maximum absolute atomic E-state index is 11.4. The summed E-state index contributed by atoms with van der Waals surface area (Å²) in [6, 6.07) is -0.488. The van der Waals surface area contributed by atoms with Crippen LogP contribution < -0.4 is 10.6 Å². The second kappa shape index (κ2) is 12.1. The number of nitrogens with one attached hydrogen (secondary N) is 2. The molecule has 0 unspecified atom stereocenters. The van der Waals surface area contributed by atoms with E-state index in [-0.39, 0.29) is 18.7 Å². The predicted molar refractivity (Wildman–Crippen MR) is 80.1 cm³/mol. The molecule has 3 amide bonds. The van der Waals surface area contributed by atoms with E-state index in [0.29, 0.717) is 19.4 Å². The van der Waals surface area contributed by atoms with Crippen molar-refractivity contribution in [3.8, 4) is 0 Å². The molecule has 122 valence electrons. The van der Waals surface area contributed by atoms with Gasteiger partial charge in [0.05, 0.1) is 0 Å². The monoisotopic (exact) mass is 301 g/mol. The molecule has 7 heteroatoms. The Kier molecular flexibility index (Phi) is 11.2. The van der Waals surface area contributed by atoms with E-state index >= 15 is 0 Å². The average Bonchev–Trinajstić information content (AvgIpc) is 2.43. The summed E-state index contributed by atoms with van der Waals surface area (Å²) in [5, 5.41) is 13.3. The van der Waals surface area contributed by atoms with Crippen molar-refractivity contribution in [2.24, 2.45) is 0 Å². The Hall–Kier alpha value is -1.63. The summed E-state index contributed by atoms with van der Waals surface area (Å²) in [6.45, 7) is 7.58. The Morgan fingerprint density at radius 3 is 2.19 bits per heavy atom. The van der Waals surface area contributed by atoms with Gasteiger partial charge in [0.1, 0.15) is 0 Å². The number of rotatable bonds is 11. The quantitative estimate of drug-likeness (QED) is 0.498. The molecule has 0 rings (SSSR count). The van der Waals surface area contributed by atoms with E-state index in [2.05, 4.69) is 29.4 Å². The van der Waals surface area contributed by atoms with Crippen LogP contribution in [0.5, 0.6) is 0 Å². The summed E-state index contributed by atoms with van der Waals surface area (Å²) < 4.78 is 0. The zero-order valence-corrected chi connectivity index (χ0v) is 13.0. The first-order valence-corrected chi connectivity index (χ1v) is 7.51. The number of unbranched alkanes of at least 4 members (excludes halogenated alkanes) is 1. The second-order valence-electron chi connectivity index (χ2n) is 4.79. The van der Waals surface area contributed by atoms with E-state index in [1.807, 2.05) is 0 Å². The first-order chi connectivity index (χ1) is 9.99. The molecule has 0 atom stereocenters. The van der Waals surface area contributed by atoms with E-state index in [0.717, 1.165) is 26.1 Å². The minimum Gasteiger partial charge on any atom is -0.481 e. The number of hydrogen-bond donors (Lipinski definition) is 3. The Morgan fingerprint density at radius 2 is 1.62 bits per heavy atom. The van der Waals surface area contributed by atoms with Gasteiger partial charge in [-0.05, 0) is 38.9 Å². The lowest BCUT2D eigenvalue weighted by Crippen LogP contribution is -2.40. The van der Waals surface area contributed by atoms with Crippen LogP contribution in [0.25, 0.3) is 0 Å². The fourth-order valence-electron chi connectivity index (χ4n) is 1.84. The molecular formula is C14H27N3O4. The van der Waals surface area contributed by atoms with Gasteiger partial charge in [-0.15, -0.1) is 0 Å². The summed E-state index contributed by atoms with van der Waals surface area (Å²) in [7, 11) is 0. The van der Waals surface area contributed by atoms with Gasteiger partial charge in [0.2, 0.25) is 5.91 Å². The molecule has 0 aliphatic heterocycles. The van der Waals surface area contributed by atoms with Gasteiger partial charge in [-0.1, -0.05) is 13.8 Å². The standard InChI is InChI=1S/C14H27N3O4/c1-3-17(4-2)11-7-10-15-14(21)16-12(18)8-5-6-9-13(19)20/h3-11H2,1-2H3,(H,19,20)(H2,15,16,18,21). The third-order valence-corrected chi connectivity index (χ3v) is 3.13. The summed E-state index contributed by atoms with van der Waals surface area (Å²) in [4.78, 5) is 35.4. The number of carboxylic acids is 1. The van der Waals surface area contributed by atoms with Crippen molar-refractivity contribution in [2.75, 3.05) is 26.2 Å². The summed E-state index contributed by atoms with van der Waals surface area (Å²) in [5.41, 5.74) is 0. The first-order valence-electron chi connectivity index (χ1n) is 7.51. The van der Waals surface area contributed by atoms with Crippen LogP contribution in [0, 0.1) is 0 Å². The highest BCUT2D eigenvalue weighted by Crippen LogP contribution is 1.99. The molecule has 21 heavy (non-hydrogen) atoms. The molecule has 7 nitrogen and oxygen atoms in total. The molecule has 0 aromatic rings. The van der Waals surface area contributed by atoms with Crippen LogP contribution in [0.1, 0.15) is 46.0 Å². The number of carboxylic acid groups (broad SMARTS) is 1. The molecule has 3 N–H and O–H groups in total. The van der Waals surface area contributed by atoms with Crippen molar-refractivity contribution >= 4 is 17.9 Å². The van der Waals surface area contributed by atoms with Gasteiger partial charge in [0, 0.05) is 19.4 Å². The molecule has 0 fully saturated rings. The van der Waals surface area contributed by atoms with Crippen LogP contribution >= 0.6 is 0 Å². The number of urea groups is 1. The van der Waals surface area contributed by atoms with Crippen LogP contribution in [-0.4, -0.2) is 54.1 Å². The highest BCUT2D eigenvalue weighted by molar-refractivity contribution is 5.94. The maximum Gasteiger partial charge on any atom is 0.321 e. The van der Waals surface area contributed by atoms with Gasteiger partial charge >= 0.3 is 12.0 Å². The van der Waals surface area contributed by atoms with Crippen molar-refractivity contribution in [1.82, 2.24) is 15.5 Å². The first kappa shape index (κ1) is 19.4. The van der Waals surface area contributed by atoms with Gasteiger partial charge in [-0.25, -0.2) is 4.79 Å². The molecule has 0 aliphatic rings. The smallest absolute Gasteiger partial charge is 0.321 e. The van der Waals surface area contributed by atoms with Gasteiger partial charge < -0.3 is 15.3 Å². The number of nitrogens with zero attached hydrogens (tertiary/aromatic N) is 1. The molecule has 0 spiro atoms. The Bertz CT molecular complexity index is 330. The molecule has 0 saturated heterocycles. The highest BCUT2D eigenvalue weighted by Gasteiger charge is 2.07. The van der Waals surface area contributed by atoms with Crippen molar-refractivity contribution in [1.29, 1.82) is 0 Å². The van der Waals surface area contributed by atoms with Gasteiger partial charge in [-0.3, -0.25) is 14.9 Å². The number of imide groups is 1. The number of carbonyl (C=O) groups is 3. The van der Waals surface area contributed by atoms with Gasteiger partial charge in [-0.2, -0.15) is 0 Å². The summed E-state index contributed by atoms with van der Waals surface area (Å²) >= 11 is 0. The molecule has 0 aromatic heterocycles. The predicted octanol–water partition coefficient (Wildman–Crippen LogP) is 1.19. The molecule has 0 saturated carbocycles.